The zero-order valence-electron chi connectivity index (χ0n) is 23.0. The summed E-state index contributed by atoms with van der Waals surface area (Å²) in [6, 6.07) is 15.3. The molecule has 1 unspecified atom stereocenters. The molecule has 0 spiro atoms. The molecule has 1 atom stereocenters. The van der Waals surface area contributed by atoms with Crippen molar-refractivity contribution in [3.8, 4) is 0 Å². The molecule has 9 heteroatoms. The number of likely N-dealkylation sites (N-methyl/N-ethyl adjacent to an activating group) is 1. The summed E-state index contributed by atoms with van der Waals surface area (Å²) in [7, 11) is 2.23. The first-order chi connectivity index (χ1) is 18.1. The average molecular weight is 564 g/mol. The third-order valence-electron chi connectivity index (χ3n) is 7.49. The van der Waals surface area contributed by atoms with E-state index in [4.69, 9.17) is 16.3 Å². The number of nitrogens with one attached hydrogen (secondary N) is 1. The van der Waals surface area contributed by atoms with Crippen molar-refractivity contribution < 1.29 is 17.9 Å². The van der Waals surface area contributed by atoms with Crippen LogP contribution in [0.5, 0.6) is 0 Å². The highest BCUT2D eigenvalue weighted by atomic mass is 35.5. The van der Waals surface area contributed by atoms with Crippen molar-refractivity contribution in [1.82, 2.24) is 14.5 Å². The Hall–Kier alpha value is -1.97. The van der Waals surface area contributed by atoms with Crippen LogP contribution in [0.25, 0.3) is 0 Å². The lowest BCUT2D eigenvalue weighted by Crippen LogP contribution is -2.34. The van der Waals surface area contributed by atoms with E-state index in [0.29, 0.717) is 24.4 Å². The maximum atomic E-state index is 12.6. The molecule has 1 N–H and O–H groups in total. The number of carbonyl (C=O) groups is 1. The summed E-state index contributed by atoms with van der Waals surface area (Å²) in [4.78, 5) is 14.8. The van der Waals surface area contributed by atoms with Crippen LogP contribution in [0.15, 0.2) is 53.4 Å². The van der Waals surface area contributed by atoms with Crippen molar-refractivity contribution in [2.24, 2.45) is 11.8 Å². The van der Waals surface area contributed by atoms with Gasteiger partial charge in [0.2, 0.25) is 15.9 Å². The Labute approximate surface area is 233 Å². The molecule has 1 aliphatic carbocycles. The lowest BCUT2D eigenvalue weighted by Gasteiger charge is -2.37. The van der Waals surface area contributed by atoms with Crippen LogP contribution < -0.4 is 5.32 Å². The van der Waals surface area contributed by atoms with Crippen LogP contribution in [0.1, 0.15) is 49.3 Å². The molecule has 0 saturated heterocycles. The van der Waals surface area contributed by atoms with E-state index < -0.39 is 10.0 Å². The highest BCUT2D eigenvalue weighted by molar-refractivity contribution is 7.89. The monoisotopic (exact) mass is 563 g/mol. The number of carbonyl (C=O) groups excluding carboxylic acids is 1. The van der Waals surface area contributed by atoms with E-state index in [1.807, 2.05) is 19.1 Å². The number of nitrogens with zero attached hydrogens (tertiary/aromatic N) is 2. The minimum Gasteiger partial charge on any atom is -0.370 e. The number of amides is 1. The Kier molecular flexibility index (Phi) is 11.6. The zero-order valence-corrected chi connectivity index (χ0v) is 24.6. The number of aryl methyl sites for hydroxylation is 1. The predicted octanol–water partition coefficient (Wildman–Crippen LogP) is 4.90. The van der Waals surface area contributed by atoms with Crippen molar-refractivity contribution in [2.45, 2.75) is 50.0 Å². The summed E-state index contributed by atoms with van der Waals surface area (Å²) in [6.07, 6.45) is 5.63. The van der Waals surface area contributed by atoms with Crippen LogP contribution in [-0.2, 0) is 19.6 Å². The first kappa shape index (κ1) is 30.6. The Morgan fingerprint density at radius 3 is 2.26 bits per heavy atom. The Morgan fingerprint density at radius 2 is 1.66 bits per heavy atom. The number of hydrogen-bond donors (Lipinski definition) is 1. The number of hydrogen-bond acceptors (Lipinski definition) is 5. The van der Waals surface area contributed by atoms with Gasteiger partial charge in [-0.05, 0) is 81.9 Å². The lowest BCUT2D eigenvalue weighted by molar-refractivity contribution is -0.125. The van der Waals surface area contributed by atoms with Gasteiger partial charge in [0.15, 0.2) is 0 Å². The van der Waals surface area contributed by atoms with Crippen molar-refractivity contribution in [3.63, 3.8) is 0 Å². The lowest BCUT2D eigenvalue weighted by atomic mass is 9.75. The summed E-state index contributed by atoms with van der Waals surface area (Å²) >= 11 is 6.09. The van der Waals surface area contributed by atoms with Crippen molar-refractivity contribution in [1.29, 1.82) is 0 Å². The van der Waals surface area contributed by atoms with E-state index in [9.17, 15) is 13.2 Å². The smallest absolute Gasteiger partial charge is 0.245 e. The Balaban J connectivity index is 1.31. The molecule has 1 aliphatic rings. The highest BCUT2D eigenvalue weighted by Crippen LogP contribution is 2.40. The summed E-state index contributed by atoms with van der Waals surface area (Å²) in [5.74, 6) is 1.05. The molecule has 210 valence electrons. The average Bonchev–Trinajstić information content (AvgIpc) is 2.88. The molecule has 1 amide bonds. The van der Waals surface area contributed by atoms with Crippen molar-refractivity contribution in [2.75, 3.05) is 47.4 Å². The van der Waals surface area contributed by atoms with Gasteiger partial charge in [-0.15, -0.1) is 0 Å². The molecule has 2 aromatic carbocycles. The van der Waals surface area contributed by atoms with Gasteiger partial charge in [0.05, 0.1) is 11.5 Å². The second-order valence-electron chi connectivity index (χ2n) is 10.6. The summed E-state index contributed by atoms with van der Waals surface area (Å²) in [5.41, 5.74) is 2.31. The normalized spacial score (nSPS) is 19.0. The summed E-state index contributed by atoms with van der Waals surface area (Å²) in [6.45, 7) is 2.80. The van der Waals surface area contributed by atoms with Crippen LogP contribution in [0, 0.1) is 18.8 Å². The molecule has 0 radical (unpaired) electrons. The van der Waals surface area contributed by atoms with E-state index in [2.05, 4.69) is 36.4 Å². The van der Waals surface area contributed by atoms with E-state index >= 15 is 0 Å². The molecule has 2 aromatic rings. The van der Waals surface area contributed by atoms with Gasteiger partial charge in [0, 0.05) is 31.2 Å². The predicted molar refractivity (Wildman–Crippen MR) is 153 cm³/mol. The van der Waals surface area contributed by atoms with Gasteiger partial charge < -0.3 is 15.0 Å². The zero-order chi connectivity index (χ0) is 27.7. The largest absolute Gasteiger partial charge is 0.370 e. The second kappa shape index (κ2) is 14.4. The van der Waals surface area contributed by atoms with Gasteiger partial charge in [0.25, 0.3) is 0 Å². The van der Waals surface area contributed by atoms with Crippen LogP contribution >= 0.6 is 11.6 Å². The van der Waals surface area contributed by atoms with Crippen LogP contribution in [0.4, 0.5) is 0 Å². The minimum absolute atomic E-state index is 0.0727. The minimum atomic E-state index is -3.57. The molecule has 0 heterocycles. The van der Waals surface area contributed by atoms with Crippen LogP contribution in [0.3, 0.4) is 0 Å². The van der Waals surface area contributed by atoms with Crippen LogP contribution in [-0.4, -0.2) is 71.0 Å². The fourth-order valence-electron chi connectivity index (χ4n) is 5.28. The maximum Gasteiger partial charge on any atom is 0.245 e. The number of sulfonamides is 1. The number of rotatable bonds is 13. The van der Waals surface area contributed by atoms with E-state index in [1.54, 1.807) is 24.3 Å². The molecule has 38 heavy (non-hydrogen) atoms. The summed E-state index contributed by atoms with van der Waals surface area (Å²) in [5, 5.41) is 3.71. The second-order valence-corrected chi connectivity index (χ2v) is 13.1. The van der Waals surface area contributed by atoms with Gasteiger partial charge in [-0.25, -0.2) is 8.42 Å². The molecule has 0 aliphatic heterocycles. The van der Waals surface area contributed by atoms with Gasteiger partial charge in [-0.1, -0.05) is 54.3 Å². The fourth-order valence-corrected chi connectivity index (χ4v) is 6.56. The van der Waals surface area contributed by atoms with E-state index in [0.717, 1.165) is 29.8 Å². The number of ether oxygens (including phenoxy) is 1. The molecule has 0 bridgehead atoms. The van der Waals surface area contributed by atoms with Crippen molar-refractivity contribution in [3.05, 3.63) is 64.7 Å². The first-order valence-corrected chi connectivity index (χ1v) is 15.2. The molecule has 0 aromatic heterocycles. The summed E-state index contributed by atoms with van der Waals surface area (Å²) < 4.78 is 31.9. The number of halogens is 1. The highest BCUT2D eigenvalue weighted by Gasteiger charge is 2.30. The Morgan fingerprint density at radius 1 is 1.03 bits per heavy atom. The standard InChI is InChI=1S/C29H42ClN3O4S/c1-22-5-15-27(16-6-22)38(35,36)33(4)19-20-37-21-28(34)31-18-17-23-7-9-24(10-8-23)29(32(2)3)25-11-13-26(30)14-12-25/h5-6,11-16,23-24,29H,7-10,17-21H2,1-4H3,(H,31,34). The SMILES string of the molecule is Cc1ccc(S(=O)(=O)N(C)CCOCC(=O)NCCC2CCC(C(c3ccc(Cl)cc3)N(C)C)CC2)cc1. The Bertz CT molecular complexity index is 1120. The number of benzene rings is 2. The third-order valence-corrected chi connectivity index (χ3v) is 9.62. The van der Waals surface area contributed by atoms with Crippen LogP contribution in [0.2, 0.25) is 5.02 Å². The molecular weight excluding hydrogens is 522 g/mol. The fraction of sp³-hybridized carbons (Fsp3) is 0.552. The molecule has 7 nitrogen and oxygen atoms in total. The first-order valence-electron chi connectivity index (χ1n) is 13.4. The topological polar surface area (TPSA) is 78.9 Å². The maximum absolute atomic E-state index is 12.6. The molecule has 3 rings (SSSR count). The van der Waals surface area contributed by atoms with Crippen molar-refractivity contribution >= 4 is 27.5 Å². The van der Waals surface area contributed by atoms with Gasteiger partial charge >= 0.3 is 0 Å². The quantitative estimate of drug-likeness (QED) is 0.351. The third kappa shape index (κ3) is 8.78. The molecule has 1 saturated carbocycles. The molecular formula is C29H42ClN3O4S. The van der Waals surface area contributed by atoms with Gasteiger partial charge in [-0.2, -0.15) is 4.31 Å². The van der Waals surface area contributed by atoms with Gasteiger partial charge in [-0.3, -0.25) is 4.79 Å². The molecule has 1 fully saturated rings. The van der Waals surface area contributed by atoms with E-state index in [-0.39, 0.29) is 30.6 Å². The van der Waals surface area contributed by atoms with Gasteiger partial charge in [0.1, 0.15) is 6.61 Å². The van der Waals surface area contributed by atoms with E-state index in [1.165, 1.54) is 29.8 Å².